The average Bonchev–Trinajstić information content (AvgIpc) is 2.74. The molecule has 0 spiro atoms. The molecule has 1 aromatic carbocycles. The molecule has 1 aliphatic heterocycles. The number of aromatic nitrogens is 1. The first-order valence-electron chi connectivity index (χ1n) is 9.45. The van der Waals surface area contributed by atoms with Crippen LogP contribution in [-0.4, -0.2) is 47.4 Å². The van der Waals surface area contributed by atoms with Crippen molar-refractivity contribution in [2.45, 2.75) is 32.0 Å². The molecular formula is C21H26ClN3O2. The number of halogens is 1. The normalized spacial score (nSPS) is 16.9. The Bertz CT molecular complexity index is 691. The molecule has 6 heteroatoms. The smallest absolute Gasteiger partial charge is 0.177 e. The van der Waals surface area contributed by atoms with E-state index in [1.54, 1.807) is 12.4 Å². The second-order valence-electron chi connectivity index (χ2n) is 6.70. The third-order valence-corrected chi connectivity index (χ3v) is 4.83. The zero-order valence-electron chi connectivity index (χ0n) is 15.5. The molecule has 0 bridgehead atoms. The monoisotopic (exact) mass is 387 g/mol. The minimum atomic E-state index is -0.0644. The SMILES string of the molecule is ClC(=NOCC(CN1CCCCC1)OCc1ccccc1)c1cccnc1. The molecule has 1 fully saturated rings. The summed E-state index contributed by atoms with van der Waals surface area (Å²) >= 11 is 6.19. The standard InChI is InChI=1S/C21H26ClN3O2/c22-21(19-10-7-11-23-14-19)24-27-17-20(15-25-12-5-2-6-13-25)26-16-18-8-3-1-4-9-18/h1,3-4,7-11,14,20H,2,5-6,12-13,15-17H2. The highest BCUT2D eigenvalue weighted by Crippen LogP contribution is 2.12. The number of benzene rings is 1. The van der Waals surface area contributed by atoms with Gasteiger partial charge in [0.15, 0.2) is 5.17 Å². The van der Waals surface area contributed by atoms with Crippen LogP contribution in [0.4, 0.5) is 0 Å². The number of oxime groups is 1. The quantitative estimate of drug-likeness (QED) is 0.480. The van der Waals surface area contributed by atoms with Crippen LogP contribution in [0.1, 0.15) is 30.4 Å². The van der Waals surface area contributed by atoms with Crippen LogP contribution in [-0.2, 0) is 16.2 Å². The Kier molecular flexibility index (Phi) is 8.08. The molecule has 1 aliphatic rings. The molecule has 5 nitrogen and oxygen atoms in total. The maximum absolute atomic E-state index is 6.19. The molecule has 2 aromatic rings. The highest BCUT2D eigenvalue weighted by atomic mass is 35.5. The van der Waals surface area contributed by atoms with Crippen LogP contribution in [0.5, 0.6) is 0 Å². The van der Waals surface area contributed by atoms with E-state index < -0.39 is 0 Å². The number of ether oxygens (including phenoxy) is 1. The lowest BCUT2D eigenvalue weighted by atomic mass is 10.1. The maximum atomic E-state index is 6.19. The maximum Gasteiger partial charge on any atom is 0.177 e. The summed E-state index contributed by atoms with van der Waals surface area (Å²) in [5.74, 6) is 0. The van der Waals surface area contributed by atoms with Gasteiger partial charge in [-0.15, -0.1) is 0 Å². The van der Waals surface area contributed by atoms with Gasteiger partial charge in [-0.3, -0.25) is 4.98 Å². The van der Waals surface area contributed by atoms with Crippen LogP contribution in [0.3, 0.4) is 0 Å². The molecule has 0 saturated carbocycles. The lowest BCUT2D eigenvalue weighted by molar-refractivity contribution is -0.0411. The third-order valence-electron chi connectivity index (χ3n) is 4.54. The molecule has 2 heterocycles. The van der Waals surface area contributed by atoms with Crippen molar-refractivity contribution in [3.63, 3.8) is 0 Å². The van der Waals surface area contributed by atoms with Crippen molar-refractivity contribution in [1.29, 1.82) is 0 Å². The van der Waals surface area contributed by atoms with E-state index >= 15 is 0 Å². The van der Waals surface area contributed by atoms with Gasteiger partial charge in [0.05, 0.1) is 6.61 Å². The molecule has 0 amide bonds. The fraction of sp³-hybridized carbons (Fsp3) is 0.429. The summed E-state index contributed by atoms with van der Waals surface area (Å²) in [5.41, 5.74) is 1.88. The topological polar surface area (TPSA) is 47.0 Å². The molecular weight excluding hydrogens is 362 g/mol. The lowest BCUT2D eigenvalue weighted by Crippen LogP contribution is -2.39. The van der Waals surface area contributed by atoms with Gasteiger partial charge in [-0.05, 0) is 43.6 Å². The molecule has 1 saturated heterocycles. The van der Waals surface area contributed by atoms with E-state index in [2.05, 4.69) is 27.2 Å². The predicted octanol–water partition coefficient (Wildman–Crippen LogP) is 4.07. The summed E-state index contributed by atoms with van der Waals surface area (Å²) in [5, 5.41) is 4.32. The van der Waals surface area contributed by atoms with Crippen molar-refractivity contribution >= 4 is 16.8 Å². The van der Waals surface area contributed by atoms with Gasteiger partial charge in [-0.25, -0.2) is 0 Å². The minimum absolute atomic E-state index is 0.0644. The number of likely N-dealkylation sites (tertiary alicyclic amines) is 1. The fourth-order valence-corrected chi connectivity index (χ4v) is 3.25. The molecule has 1 atom stereocenters. The van der Waals surface area contributed by atoms with Gasteiger partial charge in [-0.1, -0.05) is 53.5 Å². The Morgan fingerprint density at radius 2 is 1.93 bits per heavy atom. The van der Waals surface area contributed by atoms with Crippen molar-refractivity contribution in [2.75, 3.05) is 26.2 Å². The Hall–Kier alpha value is -1.95. The highest BCUT2D eigenvalue weighted by Gasteiger charge is 2.18. The molecule has 3 rings (SSSR count). The number of rotatable bonds is 9. The van der Waals surface area contributed by atoms with E-state index in [4.69, 9.17) is 21.2 Å². The Morgan fingerprint density at radius 3 is 2.67 bits per heavy atom. The van der Waals surface area contributed by atoms with E-state index in [0.29, 0.717) is 18.4 Å². The number of nitrogens with zero attached hydrogens (tertiary/aromatic N) is 3. The van der Waals surface area contributed by atoms with Gasteiger partial charge in [0.25, 0.3) is 0 Å². The van der Waals surface area contributed by atoms with Crippen LogP contribution in [0.25, 0.3) is 0 Å². The van der Waals surface area contributed by atoms with Crippen molar-refractivity contribution in [1.82, 2.24) is 9.88 Å². The number of piperidine rings is 1. The first kappa shape index (κ1) is 19.8. The molecule has 27 heavy (non-hydrogen) atoms. The number of hydrogen-bond donors (Lipinski definition) is 0. The van der Waals surface area contributed by atoms with Crippen LogP contribution < -0.4 is 0 Å². The van der Waals surface area contributed by atoms with Crippen LogP contribution in [0.2, 0.25) is 0 Å². The first-order chi connectivity index (χ1) is 13.3. The molecule has 0 N–H and O–H groups in total. The van der Waals surface area contributed by atoms with Gasteiger partial charge in [-0.2, -0.15) is 0 Å². The predicted molar refractivity (Wildman–Crippen MR) is 108 cm³/mol. The van der Waals surface area contributed by atoms with Crippen LogP contribution >= 0.6 is 11.6 Å². The van der Waals surface area contributed by atoms with E-state index in [9.17, 15) is 0 Å². The second-order valence-corrected chi connectivity index (χ2v) is 7.06. The number of pyridine rings is 1. The summed E-state index contributed by atoms with van der Waals surface area (Å²) in [6.07, 6.45) is 7.10. The average molecular weight is 388 g/mol. The summed E-state index contributed by atoms with van der Waals surface area (Å²) in [6, 6.07) is 13.8. The molecule has 1 aromatic heterocycles. The lowest BCUT2D eigenvalue weighted by Gasteiger charge is -2.30. The van der Waals surface area contributed by atoms with E-state index in [1.807, 2.05) is 30.3 Å². The molecule has 0 aliphatic carbocycles. The van der Waals surface area contributed by atoms with Gasteiger partial charge in [0, 0.05) is 24.5 Å². The zero-order valence-corrected chi connectivity index (χ0v) is 16.2. The Balaban J connectivity index is 1.54. The van der Waals surface area contributed by atoms with Crippen molar-refractivity contribution in [3.8, 4) is 0 Å². The van der Waals surface area contributed by atoms with E-state index in [-0.39, 0.29) is 6.10 Å². The zero-order chi connectivity index (χ0) is 18.7. The fourth-order valence-electron chi connectivity index (χ4n) is 3.09. The van der Waals surface area contributed by atoms with Gasteiger partial charge >= 0.3 is 0 Å². The first-order valence-corrected chi connectivity index (χ1v) is 9.83. The summed E-state index contributed by atoms with van der Waals surface area (Å²) in [6.45, 7) is 3.99. The molecule has 0 radical (unpaired) electrons. The Labute approximate surface area is 165 Å². The highest BCUT2D eigenvalue weighted by molar-refractivity contribution is 6.69. The molecule has 1 unspecified atom stereocenters. The van der Waals surface area contributed by atoms with Crippen molar-refractivity contribution in [2.24, 2.45) is 5.16 Å². The molecule has 144 valence electrons. The summed E-state index contributed by atoms with van der Waals surface area (Å²) in [4.78, 5) is 12.0. The van der Waals surface area contributed by atoms with Crippen LogP contribution in [0, 0.1) is 0 Å². The summed E-state index contributed by atoms with van der Waals surface area (Å²) in [7, 11) is 0. The van der Waals surface area contributed by atoms with Gasteiger partial charge < -0.3 is 14.5 Å². The van der Waals surface area contributed by atoms with Gasteiger partial charge in [0.2, 0.25) is 0 Å². The van der Waals surface area contributed by atoms with Gasteiger partial charge in [0.1, 0.15) is 12.7 Å². The summed E-state index contributed by atoms with van der Waals surface area (Å²) < 4.78 is 6.13. The second kappa shape index (κ2) is 11.0. The van der Waals surface area contributed by atoms with E-state index in [0.717, 1.165) is 30.8 Å². The van der Waals surface area contributed by atoms with E-state index in [1.165, 1.54) is 19.3 Å². The van der Waals surface area contributed by atoms with Crippen molar-refractivity contribution in [3.05, 3.63) is 66.0 Å². The minimum Gasteiger partial charge on any atom is -0.392 e. The largest absolute Gasteiger partial charge is 0.392 e. The Morgan fingerprint density at radius 1 is 1.11 bits per heavy atom. The third kappa shape index (κ3) is 6.94. The van der Waals surface area contributed by atoms with Crippen molar-refractivity contribution < 1.29 is 9.57 Å². The van der Waals surface area contributed by atoms with Crippen LogP contribution in [0.15, 0.2) is 60.0 Å². The number of hydrogen-bond acceptors (Lipinski definition) is 5.